The van der Waals surface area contributed by atoms with Crippen LogP contribution in [0.5, 0.6) is 0 Å². The smallest absolute Gasteiger partial charge is 0.252 e. The van der Waals surface area contributed by atoms with Gasteiger partial charge in [-0.15, -0.1) is 0 Å². The zero-order valence-electron chi connectivity index (χ0n) is 17.9. The van der Waals surface area contributed by atoms with Crippen LogP contribution in [-0.2, 0) is 9.53 Å². The van der Waals surface area contributed by atoms with Crippen LogP contribution in [0.1, 0.15) is 43.5 Å². The minimum Gasteiger partial charge on any atom is -0.379 e. The number of hydrogen-bond donors (Lipinski definition) is 2. The number of nitrogens with one attached hydrogen (secondary N) is 2. The van der Waals surface area contributed by atoms with E-state index in [4.69, 9.17) is 4.74 Å². The van der Waals surface area contributed by atoms with Crippen molar-refractivity contribution >= 4 is 29.3 Å². The minimum absolute atomic E-state index is 0.0277. The maximum atomic E-state index is 12.7. The monoisotopic (exact) mass is 432 g/mol. The van der Waals surface area contributed by atoms with Gasteiger partial charge in [-0.1, -0.05) is 18.2 Å². The predicted octanol–water partition coefficient (Wildman–Crippen LogP) is 2.38. The van der Waals surface area contributed by atoms with Gasteiger partial charge in [0.25, 0.3) is 11.8 Å². The van der Waals surface area contributed by atoms with Crippen molar-refractivity contribution in [3.63, 3.8) is 0 Å². The number of hydrogen-bond acceptors (Lipinski definition) is 6. The topological polar surface area (TPSA) is 73.9 Å². The van der Waals surface area contributed by atoms with Crippen LogP contribution in [0.3, 0.4) is 0 Å². The Bertz CT molecular complexity index is 774. The Balaban J connectivity index is 1.34. The van der Waals surface area contributed by atoms with E-state index >= 15 is 0 Å². The molecule has 0 radical (unpaired) electrons. The summed E-state index contributed by atoms with van der Waals surface area (Å²) in [4.78, 5) is 30.9. The molecular formula is C22H32N4O3S. The second kappa shape index (κ2) is 9.68. The summed E-state index contributed by atoms with van der Waals surface area (Å²) in [5.41, 5.74) is 1.31. The van der Waals surface area contributed by atoms with Crippen molar-refractivity contribution in [1.82, 2.24) is 15.1 Å². The Hall–Kier alpha value is -1.61. The van der Waals surface area contributed by atoms with Crippen LogP contribution < -0.4 is 10.6 Å². The van der Waals surface area contributed by atoms with Crippen molar-refractivity contribution in [3.05, 3.63) is 23.8 Å². The molecule has 164 valence electrons. The molecule has 1 aromatic rings. The van der Waals surface area contributed by atoms with Crippen LogP contribution in [0.4, 0.5) is 5.69 Å². The lowest BCUT2D eigenvalue weighted by Crippen LogP contribution is -2.48. The van der Waals surface area contributed by atoms with Crippen LogP contribution >= 0.6 is 11.8 Å². The number of ether oxygens (including phenoxy) is 1. The molecule has 8 heteroatoms. The summed E-state index contributed by atoms with van der Waals surface area (Å²) >= 11 is 1.55. The quantitative estimate of drug-likeness (QED) is 0.744. The van der Waals surface area contributed by atoms with Crippen molar-refractivity contribution < 1.29 is 14.3 Å². The highest BCUT2D eigenvalue weighted by Gasteiger charge is 2.33. The van der Waals surface area contributed by atoms with Gasteiger partial charge >= 0.3 is 0 Å². The molecule has 2 N–H and O–H groups in total. The number of fused-ring (bicyclic) bond motifs is 1. The third-order valence-corrected chi connectivity index (χ3v) is 7.72. The van der Waals surface area contributed by atoms with E-state index in [0.29, 0.717) is 37.4 Å². The molecule has 3 aliphatic heterocycles. The molecule has 2 amide bonds. The second-order valence-corrected chi connectivity index (χ2v) is 9.56. The lowest BCUT2D eigenvalue weighted by atomic mass is 9.98. The predicted molar refractivity (Wildman–Crippen MR) is 119 cm³/mol. The third kappa shape index (κ3) is 4.82. The number of amides is 2. The SMILES string of the molecule is C[C@@H]1CCC[C@H](C)N1CCNC(=O)c1ccc2c(c1)NC(=O)[C@@H](N1CCOCC1)S2. The van der Waals surface area contributed by atoms with Gasteiger partial charge in [0.05, 0.1) is 18.9 Å². The first-order valence-corrected chi connectivity index (χ1v) is 11.9. The van der Waals surface area contributed by atoms with Crippen LogP contribution in [-0.4, -0.2) is 78.5 Å². The molecule has 3 aliphatic rings. The Morgan fingerprint density at radius 3 is 2.70 bits per heavy atom. The number of anilines is 1. The number of morpholine rings is 1. The highest BCUT2D eigenvalue weighted by atomic mass is 32.2. The van der Waals surface area contributed by atoms with Crippen molar-refractivity contribution in [3.8, 4) is 0 Å². The first-order valence-electron chi connectivity index (χ1n) is 11.0. The number of carbonyl (C=O) groups is 2. The molecule has 4 rings (SSSR count). The number of benzene rings is 1. The molecule has 3 atom stereocenters. The summed E-state index contributed by atoms with van der Waals surface area (Å²) in [6, 6.07) is 6.72. The van der Waals surface area contributed by atoms with Gasteiger partial charge in [0.1, 0.15) is 5.37 Å². The molecule has 0 saturated carbocycles. The van der Waals surface area contributed by atoms with Crippen LogP contribution in [0.2, 0.25) is 0 Å². The molecule has 0 spiro atoms. The number of likely N-dealkylation sites (tertiary alicyclic amines) is 1. The van der Waals surface area contributed by atoms with E-state index in [1.807, 2.05) is 12.1 Å². The first kappa shape index (κ1) is 21.6. The highest BCUT2D eigenvalue weighted by Crippen LogP contribution is 2.37. The Morgan fingerprint density at radius 2 is 1.97 bits per heavy atom. The second-order valence-electron chi connectivity index (χ2n) is 8.44. The van der Waals surface area contributed by atoms with Gasteiger partial charge in [-0.2, -0.15) is 0 Å². The summed E-state index contributed by atoms with van der Waals surface area (Å²) in [5.74, 6) is -0.121. The van der Waals surface area contributed by atoms with Gasteiger partial charge in [0.2, 0.25) is 0 Å². The van der Waals surface area contributed by atoms with Crippen molar-refractivity contribution in [2.75, 3.05) is 44.7 Å². The van der Waals surface area contributed by atoms with E-state index in [9.17, 15) is 9.59 Å². The zero-order chi connectivity index (χ0) is 21.1. The van der Waals surface area contributed by atoms with Gasteiger partial charge in [-0.05, 0) is 44.9 Å². The average molecular weight is 433 g/mol. The molecule has 2 saturated heterocycles. The molecule has 1 aromatic carbocycles. The third-order valence-electron chi connectivity index (χ3n) is 6.37. The number of thioether (sulfide) groups is 1. The van der Waals surface area contributed by atoms with E-state index in [0.717, 1.165) is 30.2 Å². The molecular weight excluding hydrogens is 400 g/mol. The molecule has 7 nitrogen and oxygen atoms in total. The lowest BCUT2D eigenvalue weighted by molar-refractivity contribution is -0.119. The van der Waals surface area contributed by atoms with Crippen molar-refractivity contribution in [1.29, 1.82) is 0 Å². The summed E-state index contributed by atoms with van der Waals surface area (Å²) in [7, 11) is 0. The van der Waals surface area contributed by atoms with E-state index in [-0.39, 0.29) is 17.2 Å². The highest BCUT2D eigenvalue weighted by molar-refractivity contribution is 8.00. The van der Waals surface area contributed by atoms with E-state index < -0.39 is 0 Å². The van der Waals surface area contributed by atoms with Gasteiger partial charge in [0.15, 0.2) is 0 Å². The summed E-state index contributed by atoms with van der Waals surface area (Å²) in [6.07, 6.45) is 3.74. The fourth-order valence-electron chi connectivity index (χ4n) is 4.61. The Labute approximate surface area is 182 Å². The Morgan fingerprint density at radius 1 is 1.23 bits per heavy atom. The van der Waals surface area contributed by atoms with Crippen LogP contribution in [0.15, 0.2) is 23.1 Å². The van der Waals surface area contributed by atoms with Crippen LogP contribution in [0, 0.1) is 0 Å². The van der Waals surface area contributed by atoms with Gasteiger partial charge in [-0.25, -0.2) is 0 Å². The fourth-order valence-corrected chi connectivity index (χ4v) is 5.76. The molecule has 3 heterocycles. The number of nitrogens with zero attached hydrogens (tertiary/aromatic N) is 2. The number of piperidine rings is 1. The Kier molecular flexibility index (Phi) is 6.98. The maximum absolute atomic E-state index is 12.7. The van der Waals surface area contributed by atoms with Crippen molar-refractivity contribution in [2.24, 2.45) is 0 Å². The number of carbonyl (C=O) groups excluding carboxylic acids is 2. The largest absolute Gasteiger partial charge is 0.379 e. The molecule has 0 aromatic heterocycles. The van der Waals surface area contributed by atoms with Gasteiger partial charge in [0, 0.05) is 48.7 Å². The molecule has 0 aliphatic carbocycles. The molecule has 2 fully saturated rings. The van der Waals surface area contributed by atoms with E-state index in [1.165, 1.54) is 19.3 Å². The van der Waals surface area contributed by atoms with Crippen molar-refractivity contribution in [2.45, 2.75) is 55.5 Å². The summed E-state index contributed by atoms with van der Waals surface area (Å²) in [6.45, 7) is 8.87. The maximum Gasteiger partial charge on any atom is 0.252 e. The fraction of sp³-hybridized carbons (Fsp3) is 0.636. The summed E-state index contributed by atoms with van der Waals surface area (Å²) < 4.78 is 5.39. The normalized spacial score (nSPS) is 27.9. The molecule has 0 unspecified atom stereocenters. The molecule has 0 bridgehead atoms. The van der Waals surface area contributed by atoms with Gasteiger partial charge in [-0.3, -0.25) is 19.4 Å². The van der Waals surface area contributed by atoms with E-state index in [1.54, 1.807) is 17.8 Å². The number of rotatable bonds is 5. The molecule has 30 heavy (non-hydrogen) atoms. The summed E-state index contributed by atoms with van der Waals surface area (Å²) in [5, 5.41) is 5.79. The van der Waals surface area contributed by atoms with E-state index in [2.05, 4.69) is 34.3 Å². The average Bonchev–Trinajstić information content (AvgIpc) is 2.75. The minimum atomic E-state index is -0.241. The standard InChI is InChI=1S/C22H32N4O3S/c1-15-4-3-5-16(2)26(15)9-8-23-20(27)17-6-7-19-18(14-17)24-21(28)22(30-19)25-10-12-29-13-11-25/h6-7,14-16,22H,3-5,8-13H2,1-2H3,(H,23,27)(H,24,28)/t15-,16+,22-/m0/s1. The lowest BCUT2D eigenvalue weighted by Gasteiger charge is -2.39. The zero-order valence-corrected chi connectivity index (χ0v) is 18.7. The van der Waals surface area contributed by atoms with Gasteiger partial charge < -0.3 is 15.4 Å². The van der Waals surface area contributed by atoms with Crippen LogP contribution in [0.25, 0.3) is 0 Å². The first-order chi connectivity index (χ1) is 14.5.